The zero-order valence-corrected chi connectivity index (χ0v) is 11.0. The molecule has 90 valence electrons. The van der Waals surface area contributed by atoms with Gasteiger partial charge in [0.15, 0.2) is 0 Å². The molecule has 0 bridgehead atoms. The summed E-state index contributed by atoms with van der Waals surface area (Å²) in [6.45, 7) is 11.0. The highest BCUT2D eigenvalue weighted by atomic mass is 16.2. The molecule has 3 nitrogen and oxygen atoms in total. The topological polar surface area (TPSA) is 32.3 Å². The molecule has 0 aromatic rings. The highest BCUT2D eigenvalue weighted by molar-refractivity contribution is 5.78. The van der Waals surface area contributed by atoms with Gasteiger partial charge in [-0.25, -0.2) is 0 Å². The van der Waals surface area contributed by atoms with Crippen LogP contribution >= 0.6 is 0 Å². The van der Waals surface area contributed by atoms with Crippen molar-refractivity contribution >= 4 is 5.91 Å². The average molecular weight is 214 g/mol. The van der Waals surface area contributed by atoms with E-state index in [0.29, 0.717) is 18.5 Å². The Hall–Kier alpha value is -0.570. The Labute approximate surface area is 94.2 Å². The minimum Gasteiger partial charge on any atom is -0.342 e. The van der Waals surface area contributed by atoms with Crippen LogP contribution in [0.3, 0.4) is 0 Å². The van der Waals surface area contributed by atoms with Crippen LogP contribution in [0.15, 0.2) is 0 Å². The second kappa shape index (κ2) is 6.83. The van der Waals surface area contributed by atoms with Crippen LogP contribution in [0, 0.1) is 5.92 Å². The Morgan fingerprint density at radius 3 is 2.13 bits per heavy atom. The van der Waals surface area contributed by atoms with Crippen LogP contribution in [0.2, 0.25) is 0 Å². The van der Waals surface area contributed by atoms with Crippen LogP contribution in [0.1, 0.15) is 41.0 Å². The molecule has 0 saturated carbocycles. The molecule has 0 rings (SSSR count). The van der Waals surface area contributed by atoms with E-state index in [1.165, 1.54) is 0 Å². The molecule has 0 aromatic carbocycles. The lowest BCUT2D eigenvalue weighted by molar-refractivity contribution is -0.130. The molecule has 0 aliphatic carbocycles. The van der Waals surface area contributed by atoms with Gasteiger partial charge in [0, 0.05) is 19.1 Å². The Bertz CT molecular complexity index is 190. The molecule has 1 atom stereocenters. The van der Waals surface area contributed by atoms with Gasteiger partial charge in [0.2, 0.25) is 5.91 Å². The lowest BCUT2D eigenvalue weighted by Gasteiger charge is -2.23. The van der Waals surface area contributed by atoms with E-state index in [9.17, 15) is 4.79 Å². The van der Waals surface area contributed by atoms with E-state index < -0.39 is 0 Å². The van der Waals surface area contributed by atoms with Crippen LogP contribution in [0.4, 0.5) is 0 Å². The van der Waals surface area contributed by atoms with Crippen LogP contribution in [-0.2, 0) is 4.79 Å². The van der Waals surface area contributed by atoms with Gasteiger partial charge in [0.1, 0.15) is 0 Å². The smallest absolute Gasteiger partial charge is 0.236 e. The molecule has 3 heteroatoms. The highest BCUT2D eigenvalue weighted by Gasteiger charge is 2.12. The number of rotatable bonds is 6. The summed E-state index contributed by atoms with van der Waals surface area (Å²) in [4.78, 5) is 13.4. The SMILES string of the molecule is CC(C)CC(C)NCC(=O)N(C)C(C)C. The van der Waals surface area contributed by atoms with Crippen LogP contribution in [0.5, 0.6) is 0 Å². The maximum Gasteiger partial charge on any atom is 0.236 e. The Morgan fingerprint density at radius 1 is 1.20 bits per heavy atom. The van der Waals surface area contributed by atoms with Crippen molar-refractivity contribution in [1.29, 1.82) is 0 Å². The third-order valence-electron chi connectivity index (χ3n) is 2.59. The number of amides is 1. The number of hydrogen-bond acceptors (Lipinski definition) is 2. The zero-order chi connectivity index (χ0) is 12.0. The maximum atomic E-state index is 11.6. The van der Waals surface area contributed by atoms with Crippen LogP contribution in [0.25, 0.3) is 0 Å². The summed E-state index contributed by atoms with van der Waals surface area (Å²) in [6.07, 6.45) is 1.11. The molecular weight excluding hydrogens is 188 g/mol. The molecule has 1 unspecified atom stereocenters. The largest absolute Gasteiger partial charge is 0.342 e. The Morgan fingerprint density at radius 2 is 1.73 bits per heavy atom. The molecular formula is C12H26N2O. The van der Waals surface area contributed by atoms with Crippen LogP contribution < -0.4 is 5.32 Å². The van der Waals surface area contributed by atoms with Crippen molar-refractivity contribution in [2.24, 2.45) is 5.92 Å². The number of hydrogen-bond donors (Lipinski definition) is 1. The number of likely N-dealkylation sites (N-methyl/N-ethyl adjacent to an activating group) is 1. The second-order valence-electron chi connectivity index (χ2n) is 5.01. The lowest BCUT2D eigenvalue weighted by Crippen LogP contribution is -2.42. The minimum absolute atomic E-state index is 0.167. The Kier molecular flexibility index (Phi) is 6.57. The minimum atomic E-state index is 0.167. The first kappa shape index (κ1) is 14.4. The number of nitrogens with one attached hydrogen (secondary N) is 1. The summed E-state index contributed by atoms with van der Waals surface area (Å²) >= 11 is 0. The molecule has 15 heavy (non-hydrogen) atoms. The molecule has 0 aromatic heterocycles. The van der Waals surface area contributed by atoms with Crippen molar-refractivity contribution in [2.45, 2.75) is 53.1 Å². The molecule has 0 spiro atoms. The van der Waals surface area contributed by atoms with Gasteiger partial charge < -0.3 is 10.2 Å². The van der Waals surface area contributed by atoms with Crippen molar-refractivity contribution in [3.63, 3.8) is 0 Å². The van der Waals surface area contributed by atoms with E-state index in [0.717, 1.165) is 6.42 Å². The number of carbonyl (C=O) groups excluding carboxylic acids is 1. The number of nitrogens with zero attached hydrogens (tertiary/aromatic N) is 1. The van der Waals surface area contributed by atoms with Crippen molar-refractivity contribution in [3.8, 4) is 0 Å². The first-order valence-electron chi connectivity index (χ1n) is 5.83. The van der Waals surface area contributed by atoms with Crippen molar-refractivity contribution < 1.29 is 4.79 Å². The van der Waals surface area contributed by atoms with E-state index in [4.69, 9.17) is 0 Å². The van der Waals surface area contributed by atoms with Gasteiger partial charge in [-0.1, -0.05) is 13.8 Å². The zero-order valence-electron chi connectivity index (χ0n) is 11.0. The van der Waals surface area contributed by atoms with Crippen molar-refractivity contribution in [2.75, 3.05) is 13.6 Å². The summed E-state index contributed by atoms with van der Waals surface area (Å²) < 4.78 is 0. The van der Waals surface area contributed by atoms with Gasteiger partial charge in [-0.2, -0.15) is 0 Å². The van der Waals surface area contributed by atoms with Gasteiger partial charge >= 0.3 is 0 Å². The summed E-state index contributed by atoms with van der Waals surface area (Å²) in [5.74, 6) is 0.839. The predicted octanol–water partition coefficient (Wildman–Crippen LogP) is 1.88. The fraction of sp³-hybridized carbons (Fsp3) is 0.917. The van der Waals surface area contributed by atoms with Gasteiger partial charge in [0.25, 0.3) is 0 Å². The van der Waals surface area contributed by atoms with Gasteiger partial charge in [-0.15, -0.1) is 0 Å². The number of carbonyl (C=O) groups is 1. The van der Waals surface area contributed by atoms with Gasteiger partial charge in [-0.3, -0.25) is 4.79 Å². The third-order valence-corrected chi connectivity index (χ3v) is 2.59. The third kappa shape index (κ3) is 6.50. The monoisotopic (exact) mass is 214 g/mol. The molecule has 0 fully saturated rings. The summed E-state index contributed by atoms with van der Waals surface area (Å²) in [7, 11) is 1.85. The fourth-order valence-corrected chi connectivity index (χ4v) is 1.46. The lowest BCUT2D eigenvalue weighted by atomic mass is 10.1. The molecule has 0 aliphatic rings. The standard InChI is InChI=1S/C12H26N2O/c1-9(2)7-11(5)13-8-12(15)14(6)10(3)4/h9-11,13H,7-8H2,1-6H3. The van der Waals surface area contributed by atoms with E-state index in [1.54, 1.807) is 4.90 Å². The first-order chi connectivity index (χ1) is 6.84. The normalized spacial score (nSPS) is 13.3. The average Bonchev–Trinajstić information content (AvgIpc) is 2.11. The highest BCUT2D eigenvalue weighted by Crippen LogP contribution is 2.03. The maximum absolute atomic E-state index is 11.6. The van der Waals surface area contributed by atoms with Gasteiger partial charge in [-0.05, 0) is 33.1 Å². The molecule has 1 N–H and O–H groups in total. The molecule has 0 radical (unpaired) electrons. The quantitative estimate of drug-likeness (QED) is 0.732. The van der Waals surface area contributed by atoms with Crippen molar-refractivity contribution in [1.82, 2.24) is 10.2 Å². The predicted molar refractivity (Wildman–Crippen MR) is 64.8 cm³/mol. The summed E-state index contributed by atoms with van der Waals surface area (Å²) in [5, 5.41) is 3.26. The van der Waals surface area contributed by atoms with Crippen LogP contribution in [-0.4, -0.2) is 36.5 Å². The first-order valence-corrected chi connectivity index (χ1v) is 5.83. The molecule has 0 aliphatic heterocycles. The Balaban J connectivity index is 3.80. The van der Waals surface area contributed by atoms with E-state index >= 15 is 0 Å². The van der Waals surface area contributed by atoms with E-state index in [-0.39, 0.29) is 11.9 Å². The second-order valence-corrected chi connectivity index (χ2v) is 5.01. The fourth-order valence-electron chi connectivity index (χ4n) is 1.46. The summed E-state index contributed by atoms with van der Waals surface area (Å²) in [5.41, 5.74) is 0. The van der Waals surface area contributed by atoms with Crippen molar-refractivity contribution in [3.05, 3.63) is 0 Å². The summed E-state index contributed by atoms with van der Waals surface area (Å²) in [6, 6.07) is 0.689. The molecule has 0 heterocycles. The van der Waals surface area contributed by atoms with E-state index in [1.807, 2.05) is 20.9 Å². The molecule has 0 saturated heterocycles. The van der Waals surface area contributed by atoms with E-state index in [2.05, 4.69) is 26.1 Å². The van der Waals surface area contributed by atoms with Gasteiger partial charge in [0.05, 0.1) is 6.54 Å². The molecule has 1 amide bonds.